The molecule has 1 nitrogen and oxygen atoms in total. The van der Waals surface area contributed by atoms with Crippen LogP contribution in [-0.4, -0.2) is 12.6 Å². The molecule has 80 valence electrons. The fourth-order valence-electron chi connectivity index (χ4n) is 3.38. The van der Waals surface area contributed by atoms with Crippen LogP contribution in [0.15, 0.2) is 24.3 Å². The van der Waals surface area contributed by atoms with Crippen LogP contribution in [0.25, 0.3) is 0 Å². The molecule has 0 amide bonds. The van der Waals surface area contributed by atoms with Crippen LogP contribution < -0.4 is 5.32 Å². The molecule has 1 fully saturated rings. The Hall–Kier alpha value is -0.820. The molecule has 1 aromatic carbocycles. The van der Waals surface area contributed by atoms with Crippen molar-refractivity contribution in [1.82, 2.24) is 5.32 Å². The highest BCUT2D eigenvalue weighted by molar-refractivity contribution is 5.32. The molecule has 2 aliphatic rings. The average Bonchev–Trinajstić information content (AvgIpc) is 2.60. The Morgan fingerprint density at radius 3 is 2.73 bits per heavy atom. The molecule has 1 spiro atoms. The van der Waals surface area contributed by atoms with E-state index in [0.717, 1.165) is 0 Å². The Morgan fingerprint density at radius 1 is 1.20 bits per heavy atom. The molecule has 1 heterocycles. The molecule has 0 aromatic heterocycles. The minimum Gasteiger partial charge on any atom is -0.314 e. The maximum absolute atomic E-state index is 3.61. The van der Waals surface area contributed by atoms with Crippen LogP contribution in [0, 0.1) is 5.41 Å². The van der Waals surface area contributed by atoms with E-state index >= 15 is 0 Å². The van der Waals surface area contributed by atoms with Crippen molar-refractivity contribution in [3.8, 4) is 0 Å². The maximum Gasteiger partial charge on any atom is 0.00989 e. The van der Waals surface area contributed by atoms with Crippen LogP contribution in [0.3, 0.4) is 0 Å². The molecule has 1 aliphatic carbocycles. The van der Waals surface area contributed by atoms with Crippen molar-refractivity contribution in [3.63, 3.8) is 0 Å². The molecule has 3 rings (SSSR count). The Labute approximate surface area is 91.9 Å². The van der Waals surface area contributed by atoms with Crippen LogP contribution in [0.1, 0.15) is 30.9 Å². The standard InChI is InChI=1S/C14H19N/c1-11-14(8-9-15-11)7-6-12-4-2-3-5-13(12)10-14/h2-5,11,15H,6-10H2,1H3. The van der Waals surface area contributed by atoms with Gasteiger partial charge in [0, 0.05) is 6.04 Å². The molecule has 1 saturated heterocycles. The number of fused-ring (bicyclic) bond motifs is 1. The quantitative estimate of drug-likeness (QED) is 0.680. The normalized spacial score (nSPS) is 34.3. The molecule has 1 heteroatoms. The maximum atomic E-state index is 3.61. The summed E-state index contributed by atoms with van der Waals surface area (Å²) in [5, 5.41) is 3.61. The predicted molar refractivity (Wildman–Crippen MR) is 63.0 cm³/mol. The van der Waals surface area contributed by atoms with Crippen LogP contribution in [0.5, 0.6) is 0 Å². The molecule has 0 bridgehead atoms. The number of hydrogen-bond acceptors (Lipinski definition) is 1. The van der Waals surface area contributed by atoms with E-state index in [1.807, 2.05) is 0 Å². The van der Waals surface area contributed by atoms with E-state index < -0.39 is 0 Å². The molecule has 1 aliphatic heterocycles. The molecule has 1 aromatic rings. The second kappa shape index (κ2) is 3.34. The molecular weight excluding hydrogens is 182 g/mol. The van der Waals surface area contributed by atoms with Gasteiger partial charge in [-0.2, -0.15) is 0 Å². The van der Waals surface area contributed by atoms with Gasteiger partial charge in [-0.25, -0.2) is 0 Å². The minimum atomic E-state index is 0.564. The lowest BCUT2D eigenvalue weighted by Crippen LogP contribution is -2.38. The molecule has 0 saturated carbocycles. The van der Waals surface area contributed by atoms with Gasteiger partial charge < -0.3 is 5.32 Å². The van der Waals surface area contributed by atoms with E-state index in [9.17, 15) is 0 Å². The third-order valence-corrected chi connectivity index (χ3v) is 4.55. The molecule has 2 unspecified atom stereocenters. The van der Waals surface area contributed by atoms with Crippen molar-refractivity contribution < 1.29 is 0 Å². The Balaban J connectivity index is 1.94. The summed E-state index contributed by atoms with van der Waals surface area (Å²) < 4.78 is 0. The largest absolute Gasteiger partial charge is 0.314 e. The zero-order valence-electron chi connectivity index (χ0n) is 9.42. The smallest absolute Gasteiger partial charge is 0.00989 e. The third kappa shape index (κ3) is 1.41. The third-order valence-electron chi connectivity index (χ3n) is 4.55. The first-order valence-electron chi connectivity index (χ1n) is 6.10. The highest BCUT2D eigenvalue weighted by atomic mass is 15.0. The highest BCUT2D eigenvalue weighted by Gasteiger charge is 2.41. The summed E-state index contributed by atoms with van der Waals surface area (Å²) in [5.74, 6) is 0. The van der Waals surface area contributed by atoms with Gasteiger partial charge in [0.05, 0.1) is 0 Å². The van der Waals surface area contributed by atoms with E-state index in [4.69, 9.17) is 0 Å². The molecule has 1 N–H and O–H groups in total. The van der Waals surface area contributed by atoms with Gasteiger partial charge in [0.15, 0.2) is 0 Å². The first-order valence-corrected chi connectivity index (χ1v) is 6.10. The minimum absolute atomic E-state index is 0.564. The van der Waals surface area contributed by atoms with E-state index in [1.54, 1.807) is 11.1 Å². The van der Waals surface area contributed by atoms with Gasteiger partial charge in [-0.05, 0) is 55.7 Å². The number of rotatable bonds is 0. The van der Waals surface area contributed by atoms with E-state index in [0.29, 0.717) is 11.5 Å². The number of benzene rings is 1. The average molecular weight is 201 g/mol. The summed E-state index contributed by atoms with van der Waals surface area (Å²) in [6.45, 7) is 3.57. The second-order valence-electron chi connectivity index (χ2n) is 5.23. The molecule has 0 radical (unpaired) electrons. The molecular formula is C14H19N. The van der Waals surface area contributed by atoms with Crippen LogP contribution in [0.4, 0.5) is 0 Å². The summed E-state index contributed by atoms with van der Waals surface area (Å²) >= 11 is 0. The van der Waals surface area contributed by atoms with Crippen LogP contribution >= 0.6 is 0 Å². The van der Waals surface area contributed by atoms with Gasteiger partial charge in [-0.15, -0.1) is 0 Å². The van der Waals surface area contributed by atoms with Crippen LogP contribution in [0.2, 0.25) is 0 Å². The van der Waals surface area contributed by atoms with Crippen LogP contribution in [-0.2, 0) is 12.8 Å². The van der Waals surface area contributed by atoms with Gasteiger partial charge in [0.1, 0.15) is 0 Å². The lowest BCUT2D eigenvalue weighted by molar-refractivity contribution is 0.223. The highest BCUT2D eigenvalue weighted by Crippen LogP contribution is 2.43. The zero-order chi connectivity index (χ0) is 10.3. The Bertz CT molecular complexity index is 371. The van der Waals surface area contributed by atoms with E-state index in [1.165, 1.54) is 32.2 Å². The molecule has 15 heavy (non-hydrogen) atoms. The topological polar surface area (TPSA) is 12.0 Å². The summed E-state index contributed by atoms with van der Waals surface area (Å²) in [5.41, 5.74) is 3.75. The van der Waals surface area contributed by atoms with Gasteiger partial charge in [0.2, 0.25) is 0 Å². The first-order chi connectivity index (χ1) is 7.30. The monoisotopic (exact) mass is 201 g/mol. The van der Waals surface area contributed by atoms with Crippen molar-refractivity contribution in [2.24, 2.45) is 5.41 Å². The summed E-state index contributed by atoms with van der Waals surface area (Å²) in [4.78, 5) is 0. The number of nitrogens with one attached hydrogen (secondary N) is 1. The van der Waals surface area contributed by atoms with Crippen molar-refractivity contribution in [1.29, 1.82) is 0 Å². The van der Waals surface area contributed by atoms with Gasteiger partial charge in [-0.1, -0.05) is 24.3 Å². The number of hydrogen-bond donors (Lipinski definition) is 1. The molecule has 2 atom stereocenters. The lowest BCUT2D eigenvalue weighted by atomic mass is 9.67. The van der Waals surface area contributed by atoms with Gasteiger partial charge in [-0.3, -0.25) is 0 Å². The van der Waals surface area contributed by atoms with Gasteiger partial charge >= 0.3 is 0 Å². The zero-order valence-corrected chi connectivity index (χ0v) is 9.42. The predicted octanol–water partition coefficient (Wildman–Crippen LogP) is 2.54. The van der Waals surface area contributed by atoms with Crippen molar-refractivity contribution in [2.45, 2.75) is 38.6 Å². The SMILES string of the molecule is CC1NCCC12CCc1ccccc1C2. The summed E-state index contributed by atoms with van der Waals surface area (Å²) in [6, 6.07) is 9.68. The summed E-state index contributed by atoms with van der Waals surface area (Å²) in [6.07, 6.45) is 5.31. The fourth-order valence-corrected chi connectivity index (χ4v) is 3.38. The Kier molecular flexibility index (Phi) is 2.10. The van der Waals surface area contributed by atoms with Crippen molar-refractivity contribution >= 4 is 0 Å². The summed E-state index contributed by atoms with van der Waals surface area (Å²) in [7, 11) is 0. The van der Waals surface area contributed by atoms with E-state index in [-0.39, 0.29) is 0 Å². The second-order valence-corrected chi connectivity index (χ2v) is 5.23. The van der Waals surface area contributed by atoms with Crippen molar-refractivity contribution in [2.75, 3.05) is 6.54 Å². The first kappa shape index (κ1) is 9.41. The number of aryl methyl sites for hydroxylation is 1. The lowest BCUT2D eigenvalue weighted by Gasteiger charge is -2.38. The van der Waals surface area contributed by atoms with Crippen molar-refractivity contribution in [3.05, 3.63) is 35.4 Å². The van der Waals surface area contributed by atoms with Gasteiger partial charge in [0.25, 0.3) is 0 Å². The Morgan fingerprint density at radius 2 is 2.00 bits per heavy atom. The van der Waals surface area contributed by atoms with E-state index in [2.05, 4.69) is 36.5 Å². The fraction of sp³-hybridized carbons (Fsp3) is 0.571.